The van der Waals surface area contributed by atoms with Crippen LogP contribution in [0.15, 0.2) is 6.07 Å². The van der Waals surface area contributed by atoms with Crippen molar-refractivity contribution in [3.05, 3.63) is 17.0 Å². The first kappa shape index (κ1) is 30.5. The minimum absolute atomic E-state index is 0.237. The van der Waals surface area contributed by atoms with E-state index in [-0.39, 0.29) is 17.7 Å². The van der Waals surface area contributed by atoms with Gasteiger partial charge in [0.1, 0.15) is 11.4 Å². The molecule has 0 N–H and O–H groups in total. The maximum absolute atomic E-state index is 11.5. The van der Waals surface area contributed by atoms with Gasteiger partial charge < -0.3 is 33.3 Å². The Kier molecular flexibility index (Phi) is 16.0. The van der Waals surface area contributed by atoms with Crippen molar-refractivity contribution in [3.8, 4) is 0 Å². The van der Waals surface area contributed by atoms with Crippen LogP contribution in [0, 0.1) is 6.92 Å². The van der Waals surface area contributed by atoms with Crippen LogP contribution < -0.4 is 4.90 Å². The number of nitrogens with zero attached hydrogens (tertiary/aromatic N) is 3. The molecule has 0 spiro atoms. The molecule has 0 bridgehead atoms. The van der Waals surface area contributed by atoms with Crippen LogP contribution in [0.25, 0.3) is 0 Å². The van der Waals surface area contributed by atoms with Crippen molar-refractivity contribution in [1.82, 2.24) is 9.97 Å². The molecule has 0 radical (unpaired) electrons. The third-order valence-corrected chi connectivity index (χ3v) is 4.30. The quantitative estimate of drug-likeness (QED) is 0.158. The molecule has 0 atom stereocenters. The van der Waals surface area contributed by atoms with Crippen LogP contribution in [0.3, 0.4) is 0 Å². The summed E-state index contributed by atoms with van der Waals surface area (Å²) < 4.78 is 32.5. The van der Waals surface area contributed by atoms with Crippen LogP contribution in [-0.4, -0.2) is 101 Å². The maximum atomic E-state index is 11.5. The van der Waals surface area contributed by atoms with Gasteiger partial charge in [-0.3, -0.25) is 4.79 Å². The van der Waals surface area contributed by atoms with Crippen LogP contribution in [0.4, 0.5) is 5.82 Å². The van der Waals surface area contributed by atoms with Crippen LogP contribution >= 0.6 is 11.6 Å². The molecular weight excluding hydrogens is 466 g/mol. The predicted molar refractivity (Wildman–Crippen MR) is 130 cm³/mol. The minimum Gasteiger partial charge on any atom is -0.460 e. The molecule has 0 saturated carbocycles. The predicted octanol–water partition coefficient (Wildman–Crippen LogP) is 2.69. The van der Waals surface area contributed by atoms with E-state index in [1.165, 1.54) is 0 Å². The van der Waals surface area contributed by atoms with Crippen molar-refractivity contribution in [1.29, 1.82) is 0 Å². The lowest BCUT2D eigenvalue weighted by Gasteiger charge is -2.19. The fourth-order valence-corrected chi connectivity index (χ4v) is 2.78. The third kappa shape index (κ3) is 17.0. The van der Waals surface area contributed by atoms with E-state index < -0.39 is 5.60 Å². The van der Waals surface area contributed by atoms with Crippen LogP contribution in [-0.2, 0) is 33.2 Å². The molecule has 1 aromatic heterocycles. The monoisotopic (exact) mass is 505 g/mol. The highest BCUT2D eigenvalue weighted by Crippen LogP contribution is 2.13. The number of aryl methyl sites for hydroxylation is 1. The molecule has 0 unspecified atom stereocenters. The number of carbonyl (C=O) groups excluding carboxylic acids is 1. The van der Waals surface area contributed by atoms with E-state index >= 15 is 0 Å². The van der Waals surface area contributed by atoms with Crippen molar-refractivity contribution >= 4 is 23.4 Å². The van der Waals surface area contributed by atoms with Gasteiger partial charge in [-0.1, -0.05) is 0 Å². The molecule has 1 rings (SSSR count). The van der Waals surface area contributed by atoms with E-state index in [1.807, 2.05) is 45.7 Å². The SMILES string of the molecule is Cc1cc(N(C)CCOCCOCCOCCOCCOCCC(=O)OC(C)(C)C)nc(Cl)n1. The highest BCUT2D eigenvalue weighted by atomic mass is 35.5. The zero-order valence-electron chi connectivity index (χ0n) is 21.1. The van der Waals surface area contributed by atoms with Crippen molar-refractivity contribution < 1.29 is 33.2 Å². The maximum Gasteiger partial charge on any atom is 0.308 e. The zero-order valence-corrected chi connectivity index (χ0v) is 21.9. The summed E-state index contributed by atoms with van der Waals surface area (Å²) in [5, 5.41) is 0.242. The Morgan fingerprint density at radius 3 is 1.79 bits per heavy atom. The second-order valence-corrected chi connectivity index (χ2v) is 8.79. The van der Waals surface area contributed by atoms with E-state index in [9.17, 15) is 4.79 Å². The first-order valence-electron chi connectivity index (χ1n) is 11.5. The van der Waals surface area contributed by atoms with Crippen molar-refractivity contribution in [2.45, 2.75) is 39.7 Å². The fourth-order valence-electron chi connectivity index (χ4n) is 2.56. The van der Waals surface area contributed by atoms with Crippen molar-refractivity contribution in [2.24, 2.45) is 0 Å². The molecule has 196 valence electrons. The van der Waals surface area contributed by atoms with E-state index in [4.69, 9.17) is 40.0 Å². The van der Waals surface area contributed by atoms with E-state index in [2.05, 4.69) is 9.97 Å². The van der Waals surface area contributed by atoms with Gasteiger partial charge in [-0.25, -0.2) is 9.97 Å². The van der Waals surface area contributed by atoms with Crippen molar-refractivity contribution in [2.75, 3.05) is 84.6 Å². The molecule has 1 aromatic rings. The summed E-state index contributed by atoms with van der Waals surface area (Å²) in [6.45, 7) is 12.8. The molecule has 0 amide bonds. The zero-order chi connectivity index (χ0) is 25.2. The first-order chi connectivity index (χ1) is 16.2. The van der Waals surface area contributed by atoms with E-state index in [0.29, 0.717) is 72.6 Å². The molecule has 11 heteroatoms. The number of hydrogen-bond donors (Lipinski definition) is 0. The summed E-state index contributed by atoms with van der Waals surface area (Å²) in [6.07, 6.45) is 0.237. The smallest absolute Gasteiger partial charge is 0.308 e. The second-order valence-electron chi connectivity index (χ2n) is 8.46. The lowest BCUT2D eigenvalue weighted by Crippen LogP contribution is -2.24. The number of carbonyl (C=O) groups is 1. The number of hydrogen-bond acceptors (Lipinski definition) is 10. The Bertz CT molecular complexity index is 669. The minimum atomic E-state index is -0.467. The number of rotatable bonds is 19. The molecule has 34 heavy (non-hydrogen) atoms. The van der Waals surface area contributed by atoms with Gasteiger partial charge in [0.2, 0.25) is 5.28 Å². The lowest BCUT2D eigenvalue weighted by atomic mass is 10.2. The van der Waals surface area contributed by atoms with Crippen LogP contribution in [0.2, 0.25) is 5.28 Å². The topological polar surface area (TPSA) is 101 Å². The van der Waals surface area contributed by atoms with E-state index in [0.717, 1.165) is 11.5 Å². The summed E-state index contributed by atoms with van der Waals surface area (Å²) >= 11 is 5.89. The van der Waals surface area contributed by atoms with E-state index in [1.54, 1.807) is 0 Å². The first-order valence-corrected chi connectivity index (χ1v) is 11.9. The Morgan fingerprint density at radius 1 is 0.853 bits per heavy atom. The number of anilines is 1. The Hall–Kier alpha value is -1.56. The third-order valence-electron chi connectivity index (χ3n) is 4.13. The molecule has 0 fully saturated rings. The summed E-state index contributed by atoms with van der Waals surface area (Å²) in [5.41, 5.74) is 0.358. The highest BCUT2D eigenvalue weighted by molar-refractivity contribution is 6.28. The molecule has 0 aliphatic carbocycles. The molecule has 0 aromatic carbocycles. The summed E-state index contributed by atoms with van der Waals surface area (Å²) in [7, 11) is 1.93. The van der Waals surface area contributed by atoms with Gasteiger partial charge in [-0.05, 0) is 39.3 Å². The molecule has 0 aliphatic heterocycles. The number of ether oxygens (including phenoxy) is 6. The number of halogens is 1. The summed E-state index contributed by atoms with van der Waals surface area (Å²) in [4.78, 5) is 21.7. The summed E-state index contributed by atoms with van der Waals surface area (Å²) in [6, 6.07) is 1.88. The molecule has 10 nitrogen and oxygen atoms in total. The van der Waals surface area contributed by atoms with Gasteiger partial charge in [0.15, 0.2) is 0 Å². The Morgan fingerprint density at radius 2 is 1.32 bits per heavy atom. The number of esters is 1. The number of likely N-dealkylation sites (N-methyl/N-ethyl adjacent to an activating group) is 1. The Labute approximate surface area is 208 Å². The average molecular weight is 506 g/mol. The molecule has 1 heterocycles. The van der Waals surface area contributed by atoms with Gasteiger partial charge in [-0.15, -0.1) is 0 Å². The molecular formula is C23H40ClN3O7. The Balaban J connectivity index is 1.82. The molecule has 0 aliphatic rings. The van der Waals surface area contributed by atoms with Crippen LogP contribution in [0.1, 0.15) is 32.9 Å². The average Bonchev–Trinajstić information content (AvgIpc) is 2.73. The van der Waals surface area contributed by atoms with Gasteiger partial charge in [-0.2, -0.15) is 0 Å². The second kappa shape index (κ2) is 17.8. The van der Waals surface area contributed by atoms with Crippen LogP contribution in [0.5, 0.6) is 0 Å². The van der Waals surface area contributed by atoms with Gasteiger partial charge >= 0.3 is 5.97 Å². The van der Waals surface area contributed by atoms with Gasteiger partial charge in [0.25, 0.3) is 0 Å². The number of aromatic nitrogens is 2. The van der Waals surface area contributed by atoms with Gasteiger partial charge in [0, 0.05) is 25.4 Å². The summed E-state index contributed by atoms with van der Waals surface area (Å²) in [5.74, 6) is 0.506. The normalized spacial score (nSPS) is 11.6. The van der Waals surface area contributed by atoms with Crippen molar-refractivity contribution in [3.63, 3.8) is 0 Å². The largest absolute Gasteiger partial charge is 0.460 e. The fraction of sp³-hybridized carbons (Fsp3) is 0.783. The lowest BCUT2D eigenvalue weighted by molar-refractivity contribution is -0.156. The molecule has 0 saturated heterocycles. The highest BCUT2D eigenvalue weighted by Gasteiger charge is 2.15. The standard InChI is InChI=1S/C23H40ClN3O7/c1-19-18-20(26-22(24)25-19)27(5)7-9-30-11-13-32-15-17-33-16-14-31-12-10-29-8-6-21(28)34-23(2,3)4/h18H,6-17H2,1-5H3. The van der Waals surface area contributed by atoms with Gasteiger partial charge in [0.05, 0.1) is 72.5 Å².